The number of aromatic amines is 1. The van der Waals surface area contributed by atoms with Crippen LogP contribution < -0.4 is 10.6 Å². The lowest BCUT2D eigenvalue weighted by atomic mass is 10.0. The van der Waals surface area contributed by atoms with Crippen LogP contribution in [0.5, 0.6) is 0 Å². The van der Waals surface area contributed by atoms with Crippen molar-refractivity contribution in [1.82, 2.24) is 9.97 Å². The molecule has 3 aromatic rings. The highest BCUT2D eigenvalue weighted by Gasteiger charge is 2.29. The van der Waals surface area contributed by atoms with E-state index >= 15 is 0 Å². The topological polar surface area (TPSA) is 112 Å². The normalized spacial score (nSPS) is 14.5. The van der Waals surface area contributed by atoms with Crippen LogP contribution in [0.1, 0.15) is 45.8 Å². The van der Waals surface area contributed by atoms with Gasteiger partial charge in [0.15, 0.2) is 0 Å². The van der Waals surface area contributed by atoms with Gasteiger partial charge >= 0.3 is 5.97 Å². The van der Waals surface area contributed by atoms with Crippen LogP contribution in [0, 0.1) is 19.8 Å². The van der Waals surface area contributed by atoms with Gasteiger partial charge in [0, 0.05) is 36.3 Å². The first-order valence-electron chi connectivity index (χ1n) is 10.9. The molecule has 2 aliphatic rings. The Kier molecular flexibility index (Phi) is 6.10. The van der Waals surface area contributed by atoms with Crippen LogP contribution in [0.2, 0.25) is 0 Å². The number of amides is 1. The molecule has 5 rings (SSSR count). The minimum atomic E-state index is -0.630. The van der Waals surface area contributed by atoms with E-state index in [1.54, 1.807) is 0 Å². The quantitative estimate of drug-likeness (QED) is 0.582. The molecule has 7 heteroatoms. The number of aliphatic carboxylic acids is 1. The van der Waals surface area contributed by atoms with E-state index in [1.165, 1.54) is 0 Å². The number of para-hydroxylation sites is 1. The van der Waals surface area contributed by atoms with Gasteiger partial charge in [0.1, 0.15) is 5.82 Å². The summed E-state index contributed by atoms with van der Waals surface area (Å²) >= 11 is 0. The number of anilines is 1. The van der Waals surface area contributed by atoms with Gasteiger partial charge in [0.2, 0.25) is 0 Å². The fraction of sp³-hybridized carbons (Fsp3) is 0.320. The maximum Gasteiger partial charge on any atom is 0.306 e. The lowest BCUT2D eigenvalue weighted by Gasteiger charge is -2.23. The number of carboxylic acid groups (broad SMARTS) is 1. The van der Waals surface area contributed by atoms with Crippen molar-refractivity contribution in [2.24, 2.45) is 11.7 Å². The number of benzene rings is 2. The number of carbonyl (C=O) groups is 2. The summed E-state index contributed by atoms with van der Waals surface area (Å²) in [6.45, 7) is 5.05. The van der Waals surface area contributed by atoms with Gasteiger partial charge in [0.05, 0.1) is 17.3 Å². The van der Waals surface area contributed by atoms with Crippen LogP contribution in [0.4, 0.5) is 5.69 Å². The molecule has 0 unspecified atom stereocenters. The summed E-state index contributed by atoms with van der Waals surface area (Å²) in [6.07, 6.45) is 2.54. The van der Waals surface area contributed by atoms with Gasteiger partial charge in [-0.15, -0.1) is 0 Å². The largest absolute Gasteiger partial charge is 0.481 e. The molecule has 166 valence electrons. The van der Waals surface area contributed by atoms with E-state index in [1.807, 2.05) is 61.2 Å². The second-order valence-corrected chi connectivity index (χ2v) is 8.33. The lowest BCUT2D eigenvalue weighted by Crippen LogP contribution is -2.32. The highest BCUT2D eigenvalue weighted by Crippen LogP contribution is 2.35. The van der Waals surface area contributed by atoms with Crippen molar-refractivity contribution < 1.29 is 14.7 Å². The molecule has 0 bridgehead atoms. The Morgan fingerprint density at radius 1 is 1.19 bits per heavy atom. The lowest BCUT2D eigenvalue weighted by molar-refractivity contribution is -0.138. The van der Waals surface area contributed by atoms with Gasteiger partial charge in [0.25, 0.3) is 5.91 Å². The summed E-state index contributed by atoms with van der Waals surface area (Å²) < 4.78 is 0. The Bertz CT molecular complexity index is 1160. The number of nitrogens with one attached hydrogen (secondary N) is 1. The molecule has 1 aliphatic carbocycles. The predicted octanol–water partition coefficient (Wildman–Crippen LogP) is 3.84. The van der Waals surface area contributed by atoms with Crippen molar-refractivity contribution in [2.75, 3.05) is 11.4 Å². The molecule has 7 nitrogen and oxygen atoms in total. The number of H-pyrrole nitrogens is 1. The summed E-state index contributed by atoms with van der Waals surface area (Å²) in [7, 11) is 0. The molecule has 1 amide bonds. The van der Waals surface area contributed by atoms with Gasteiger partial charge in [-0.25, -0.2) is 4.98 Å². The first kappa shape index (κ1) is 21.8. The molecule has 2 heterocycles. The Labute approximate surface area is 187 Å². The molecule has 1 aliphatic heterocycles. The molecule has 1 fully saturated rings. The molecule has 0 spiro atoms. The molecule has 0 atom stereocenters. The number of hydrogen-bond donors (Lipinski definition) is 3. The van der Waals surface area contributed by atoms with Gasteiger partial charge in [-0.1, -0.05) is 24.3 Å². The van der Waals surface area contributed by atoms with E-state index in [0.29, 0.717) is 18.7 Å². The van der Waals surface area contributed by atoms with E-state index < -0.39 is 5.97 Å². The summed E-state index contributed by atoms with van der Waals surface area (Å²) in [5.74, 6) is 0.295. The van der Waals surface area contributed by atoms with Crippen LogP contribution in [-0.2, 0) is 17.8 Å². The number of imidazole rings is 1. The van der Waals surface area contributed by atoms with Gasteiger partial charge in [-0.05, 0) is 56.0 Å². The maximum atomic E-state index is 13.3. The molecule has 2 aromatic carbocycles. The highest BCUT2D eigenvalue weighted by atomic mass is 16.4. The number of aryl methyl sites for hydroxylation is 2. The molecule has 0 saturated heterocycles. The van der Waals surface area contributed by atoms with Crippen molar-refractivity contribution in [1.29, 1.82) is 0 Å². The number of rotatable bonds is 3. The zero-order valence-corrected chi connectivity index (χ0v) is 18.4. The van der Waals surface area contributed by atoms with Crippen LogP contribution >= 0.6 is 0 Å². The van der Waals surface area contributed by atoms with Crippen LogP contribution in [0.25, 0.3) is 11.3 Å². The number of hydrogen-bond acceptors (Lipinski definition) is 4. The summed E-state index contributed by atoms with van der Waals surface area (Å²) in [6, 6.07) is 13.7. The van der Waals surface area contributed by atoms with Crippen molar-refractivity contribution in [2.45, 2.75) is 39.7 Å². The van der Waals surface area contributed by atoms with E-state index in [0.717, 1.165) is 58.9 Å². The molecule has 1 aromatic heterocycles. The third-order valence-electron chi connectivity index (χ3n) is 5.91. The van der Waals surface area contributed by atoms with Crippen LogP contribution in [-0.4, -0.2) is 33.5 Å². The SMILES string of the molecule is Cc1nc2c([nH]1)CCN(C(=O)c1ccc(CN)c(C)c1)c1ccccc1-2.O=C(O)C1CC1. The zero-order chi connectivity index (χ0) is 22.8. The molecule has 4 N–H and O–H groups in total. The molecular formula is C25H28N4O3. The number of carboxylic acids is 1. The Morgan fingerprint density at radius 2 is 1.94 bits per heavy atom. The third kappa shape index (κ3) is 4.43. The number of nitrogens with two attached hydrogens (primary N) is 1. The zero-order valence-electron chi connectivity index (χ0n) is 18.4. The minimum Gasteiger partial charge on any atom is -0.481 e. The standard InChI is InChI=1S/C21H22N4O.C4H6O2/c1-13-11-15(7-8-16(13)12-22)21(26)25-10-9-18-20(24-14(2)23-18)17-5-3-4-6-19(17)25;5-4(6)3-1-2-3/h3-8,11H,9-10,12,22H2,1-2H3,(H,23,24);3H,1-2H2,(H,5,6). The fourth-order valence-corrected chi connectivity index (χ4v) is 3.95. The average Bonchev–Trinajstić information content (AvgIpc) is 3.59. The first-order chi connectivity index (χ1) is 15.4. The second kappa shape index (κ2) is 8.96. The van der Waals surface area contributed by atoms with E-state index in [9.17, 15) is 9.59 Å². The smallest absolute Gasteiger partial charge is 0.306 e. The Hall–Kier alpha value is -3.45. The monoisotopic (exact) mass is 432 g/mol. The van der Waals surface area contributed by atoms with Crippen molar-refractivity contribution in [3.8, 4) is 11.3 Å². The van der Waals surface area contributed by atoms with Gasteiger partial charge in [-0.3, -0.25) is 9.59 Å². The Balaban J connectivity index is 0.000000354. The van der Waals surface area contributed by atoms with Crippen molar-refractivity contribution >= 4 is 17.6 Å². The van der Waals surface area contributed by atoms with Crippen molar-refractivity contribution in [3.05, 3.63) is 70.7 Å². The second-order valence-electron chi connectivity index (χ2n) is 8.33. The number of fused-ring (bicyclic) bond motifs is 3. The minimum absolute atomic E-state index is 0.00555. The molecule has 1 saturated carbocycles. The summed E-state index contributed by atoms with van der Waals surface area (Å²) in [4.78, 5) is 32.9. The highest BCUT2D eigenvalue weighted by molar-refractivity contribution is 6.08. The summed E-state index contributed by atoms with van der Waals surface area (Å²) in [5.41, 5.74) is 12.5. The number of aromatic nitrogens is 2. The van der Waals surface area contributed by atoms with Crippen LogP contribution in [0.3, 0.4) is 0 Å². The summed E-state index contributed by atoms with van der Waals surface area (Å²) in [5, 5.41) is 8.05. The van der Waals surface area contributed by atoms with Crippen molar-refractivity contribution in [3.63, 3.8) is 0 Å². The fourth-order valence-electron chi connectivity index (χ4n) is 3.95. The average molecular weight is 433 g/mol. The third-order valence-corrected chi connectivity index (χ3v) is 5.91. The van der Waals surface area contributed by atoms with Crippen LogP contribution in [0.15, 0.2) is 42.5 Å². The van der Waals surface area contributed by atoms with E-state index in [2.05, 4.69) is 9.97 Å². The number of nitrogens with zero attached hydrogens (tertiary/aromatic N) is 2. The van der Waals surface area contributed by atoms with E-state index in [-0.39, 0.29) is 11.8 Å². The van der Waals surface area contributed by atoms with Gasteiger partial charge in [-0.2, -0.15) is 0 Å². The Morgan fingerprint density at radius 3 is 2.56 bits per heavy atom. The predicted molar refractivity (Wildman–Crippen MR) is 124 cm³/mol. The number of carbonyl (C=O) groups excluding carboxylic acids is 1. The maximum absolute atomic E-state index is 13.3. The first-order valence-corrected chi connectivity index (χ1v) is 10.9. The molecular weight excluding hydrogens is 404 g/mol. The molecule has 32 heavy (non-hydrogen) atoms. The van der Waals surface area contributed by atoms with Gasteiger partial charge < -0.3 is 20.7 Å². The van der Waals surface area contributed by atoms with E-state index in [4.69, 9.17) is 10.8 Å². The molecule has 0 radical (unpaired) electrons.